The number of aryl methyl sites for hydroxylation is 1. The van der Waals surface area contributed by atoms with Crippen LogP contribution in [0.5, 0.6) is 0 Å². The number of carbonyl (C=O) groups excluding carboxylic acids is 3. The molecule has 2 saturated heterocycles. The molecule has 2 N–H and O–H groups in total. The normalized spacial score (nSPS) is 21.3. The van der Waals surface area contributed by atoms with Crippen LogP contribution in [0.3, 0.4) is 0 Å². The molecular formula is C23H26N4O5S. The lowest BCUT2D eigenvalue weighted by Gasteiger charge is -2.21. The highest BCUT2D eigenvalue weighted by Crippen LogP contribution is 2.24. The van der Waals surface area contributed by atoms with Gasteiger partial charge in [-0.2, -0.15) is 9.31 Å². The van der Waals surface area contributed by atoms with E-state index in [2.05, 4.69) is 10.7 Å². The van der Waals surface area contributed by atoms with Crippen LogP contribution in [0.1, 0.15) is 42.1 Å². The molecule has 0 aliphatic carbocycles. The Hall–Kier alpha value is -3.24. The number of benzene rings is 2. The lowest BCUT2D eigenvalue weighted by Crippen LogP contribution is -2.49. The second-order valence-corrected chi connectivity index (χ2v) is 10.4. The molecule has 33 heavy (non-hydrogen) atoms. The number of nitrogens with one attached hydrogen (secondary N) is 2. The lowest BCUT2D eigenvalue weighted by molar-refractivity contribution is -0.132. The summed E-state index contributed by atoms with van der Waals surface area (Å²) in [6.45, 7) is 2.51. The Morgan fingerprint density at radius 2 is 1.76 bits per heavy atom. The molecular weight excluding hydrogens is 444 g/mol. The van der Waals surface area contributed by atoms with E-state index in [1.54, 1.807) is 6.92 Å². The van der Waals surface area contributed by atoms with E-state index in [9.17, 15) is 22.8 Å². The number of hydrogen-bond acceptors (Lipinski definition) is 5. The predicted octanol–water partition coefficient (Wildman–Crippen LogP) is 2.06. The van der Waals surface area contributed by atoms with Gasteiger partial charge in [-0.05, 0) is 56.4 Å². The molecule has 2 aromatic carbocycles. The first kappa shape index (κ1) is 22.9. The van der Waals surface area contributed by atoms with E-state index >= 15 is 0 Å². The highest BCUT2D eigenvalue weighted by molar-refractivity contribution is 7.89. The van der Waals surface area contributed by atoms with Crippen LogP contribution in [0.2, 0.25) is 0 Å². The van der Waals surface area contributed by atoms with Gasteiger partial charge < -0.3 is 5.32 Å². The zero-order valence-corrected chi connectivity index (χ0v) is 19.1. The molecule has 2 fully saturated rings. The number of urea groups is 1. The van der Waals surface area contributed by atoms with Crippen molar-refractivity contribution in [2.45, 2.75) is 43.0 Å². The van der Waals surface area contributed by atoms with Crippen molar-refractivity contribution in [1.82, 2.24) is 20.1 Å². The highest BCUT2D eigenvalue weighted by Gasteiger charge is 2.48. The molecule has 0 unspecified atom stereocenters. The molecule has 10 heteroatoms. The fraction of sp³-hybridized carbons (Fsp3) is 0.348. The van der Waals surface area contributed by atoms with Gasteiger partial charge in [-0.25, -0.2) is 13.2 Å². The molecule has 0 bridgehead atoms. The Morgan fingerprint density at radius 3 is 2.45 bits per heavy atom. The van der Waals surface area contributed by atoms with E-state index in [1.165, 1.54) is 28.6 Å². The van der Waals surface area contributed by atoms with E-state index in [-0.39, 0.29) is 10.5 Å². The molecule has 2 aliphatic rings. The second kappa shape index (κ2) is 8.95. The van der Waals surface area contributed by atoms with Gasteiger partial charge in [-0.15, -0.1) is 0 Å². The zero-order chi connectivity index (χ0) is 23.6. The number of hydrazine groups is 1. The summed E-state index contributed by atoms with van der Waals surface area (Å²) in [5, 5.41) is 3.31. The number of sulfonamides is 1. The third-order valence-electron chi connectivity index (χ3n) is 6.03. The van der Waals surface area contributed by atoms with Crippen molar-refractivity contribution in [2.75, 3.05) is 13.1 Å². The molecule has 174 valence electrons. The number of carbonyl (C=O) groups is 3. The molecule has 2 aromatic rings. The molecule has 2 aliphatic heterocycles. The number of amides is 4. The van der Waals surface area contributed by atoms with Crippen molar-refractivity contribution in [3.05, 3.63) is 65.7 Å². The van der Waals surface area contributed by atoms with E-state index < -0.39 is 33.4 Å². The van der Waals surface area contributed by atoms with Gasteiger partial charge in [0.25, 0.3) is 11.8 Å². The number of rotatable bonds is 7. The Bertz CT molecular complexity index is 1180. The minimum atomic E-state index is -3.70. The first-order valence-corrected chi connectivity index (χ1v) is 12.3. The Balaban J connectivity index is 1.46. The summed E-state index contributed by atoms with van der Waals surface area (Å²) in [4.78, 5) is 38.2. The standard InChI is InChI=1S/C23H26N4O5S/c1-23(13-12-17-8-3-2-4-9-17)21(29)27(22(30)24-23)25-20(28)18-10-7-11-19(16-18)33(31,32)26-14-5-6-15-26/h2-4,7-11,16H,5-6,12-15H2,1H3,(H,24,30)(H,25,28)/t23-/m0/s1. The smallest absolute Gasteiger partial charge is 0.322 e. The van der Waals surface area contributed by atoms with E-state index in [0.29, 0.717) is 30.9 Å². The topological polar surface area (TPSA) is 116 Å². The molecule has 0 spiro atoms. The van der Waals surface area contributed by atoms with Crippen molar-refractivity contribution in [2.24, 2.45) is 0 Å². The van der Waals surface area contributed by atoms with Crippen LogP contribution < -0.4 is 10.7 Å². The molecule has 0 radical (unpaired) electrons. The van der Waals surface area contributed by atoms with Crippen molar-refractivity contribution in [1.29, 1.82) is 0 Å². The van der Waals surface area contributed by atoms with E-state index in [0.717, 1.165) is 18.4 Å². The summed E-state index contributed by atoms with van der Waals surface area (Å²) < 4.78 is 27.0. The van der Waals surface area contributed by atoms with Crippen LogP contribution in [0.15, 0.2) is 59.5 Å². The molecule has 0 aromatic heterocycles. The maximum atomic E-state index is 13.0. The summed E-state index contributed by atoms with van der Waals surface area (Å²) in [6.07, 6.45) is 2.53. The van der Waals surface area contributed by atoms with Crippen LogP contribution in [-0.2, 0) is 21.2 Å². The minimum absolute atomic E-state index is 0.00181. The average Bonchev–Trinajstić information content (AvgIpc) is 3.43. The van der Waals surface area contributed by atoms with Crippen LogP contribution >= 0.6 is 0 Å². The fourth-order valence-electron chi connectivity index (χ4n) is 4.04. The number of imide groups is 1. The Labute approximate surface area is 192 Å². The largest absolute Gasteiger partial charge is 0.344 e. The highest BCUT2D eigenvalue weighted by atomic mass is 32.2. The monoisotopic (exact) mass is 470 g/mol. The molecule has 4 rings (SSSR count). The number of hydrogen-bond donors (Lipinski definition) is 2. The van der Waals surface area contributed by atoms with Gasteiger partial charge in [0.15, 0.2) is 0 Å². The summed E-state index contributed by atoms with van der Waals surface area (Å²) in [6, 6.07) is 14.4. The molecule has 2 heterocycles. The lowest BCUT2D eigenvalue weighted by atomic mass is 9.93. The summed E-state index contributed by atoms with van der Waals surface area (Å²) >= 11 is 0. The molecule has 4 amide bonds. The third kappa shape index (κ3) is 4.62. The fourth-order valence-corrected chi connectivity index (χ4v) is 5.60. The average molecular weight is 471 g/mol. The first-order chi connectivity index (χ1) is 15.7. The predicted molar refractivity (Wildman–Crippen MR) is 120 cm³/mol. The van der Waals surface area contributed by atoms with Crippen molar-refractivity contribution in [3.8, 4) is 0 Å². The Kier molecular flexibility index (Phi) is 6.22. The summed E-state index contributed by atoms with van der Waals surface area (Å²) in [5.74, 6) is -1.32. The van der Waals surface area contributed by atoms with Gasteiger partial charge in [-0.1, -0.05) is 36.4 Å². The van der Waals surface area contributed by atoms with Crippen LogP contribution in [0, 0.1) is 0 Å². The van der Waals surface area contributed by atoms with Crippen molar-refractivity contribution in [3.63, 3.8) is 0 Å². The summed E-state index contributed by atoms with van der Waals surface area (Å²) in [5.41, 5.74) is 2.22. The SMILES string of the molecule is C[C@@]1(CCc2ccccc2)NC(=O)N(NC(=O)c2cccc(S(=O)(=O)N3CCCC3)c2)C1=O. The second-order valence-electron chi connectivity index (χ2n) is 8.47. The zero-order valence-electron chi connectivity index (χ0n) is 18.3. The van der Waals surface area contributed by atoms with Crippen molar-refractivity contribution >= 4 is 27.9 Å². The molecule has 0 saturated carbocycles. The molecule has 1 atom stereocenters. The van der Waals surface area contributed by atoms with Gasteiger partial charge in [0.2, 0.25) is 10.0 Å². The van der Waals surface area contributed by atoms with Crippen molar-refractivity contribution < 1.29 is 22.8 Å². The van der Waals surface area contributed by atoms with Gasteiger partial charge in [-0.3, -0.25) is 15.0 Å². The number of nitrogens with zero attached hydrogens (tertiary/aromatic N) is 2. The summed E-state index contributed by atoms with van der Waals surface area (Å²) in [7, 11) is -3.70. The maximum Gasteiger partial charge on any atom is 0.344 e. The van der Waals surface area contributed by atoms with E-state index in [1.807, 2.05) is 30.3 Å². The molecule has 9 nitrogen and oxygen atoms in total. The van der Waals surface area contributed by atoms with Crippen LogP contribution in [0.25, 0.3) is 0 Å². The van der Waals surface area contributed by atoms with Crippen LogP contribution in [-0.4, -0.2) is 54.2 Å². The minimum Gasteiger partial charge on any atom is -0.322 e. The van der Waals surface area contributed by atoms with Gasteiger partial charge >= 0.3 is 6.03 Å². The van der Waals surface area contributed by atoms with Gasteiger partial charge in [0, 0.05) is 18.7 Å². The first-order valence-electron chi connectivity index (χ1n) is 10.8. The third-order valence-corrected chi connectivity index (χ3v) is 7.92. The Morgan fingerprint density at radius 1 is 1.06 bits per heavy atom. The van der Waals surface area contributed by atoms with E-state index in [4.69, 9.17) is 0 Å². The maximum absolute atomic E-state index is 13.0. The van der Waals surface area contributed by atoms with Gasteiger partial charge in [0.1, 0.15) is 5.54 Å². The van der Waals surface area contributed by atoms with Crippen LogP contribution in [0.4, 0.5) is 4.79 Å². The quantitative estimate of drug-likeness (QED) is 0.601. The van der Waals surface area contributed by atoms with Gasteiger partial charge in [0.05, 0.1) is 4.90 Å².